The Bertz CT molecular complexity index is 763. The van der Waals surface area contributed by atoms with Gasteiger partial charge in [-0.3, -0.25) is 4.68 Å². The van der Waals surface area contributed by atoms with Gasteiger partial charge in [0.05, 0.1) is 29.8 Å². The molecular weight excluding hydrogens is 344 g/mol. The largest absolute Gasteiger partial charge is 0.489 e. The average Bonchev–Trinajstić information content (AvgIpc) is 3.22. The minimum absolute atomic E-state index is 0.0785. The van der Waals surface area contributed by atoms with Crippen LogP contribution < -0.4 is 9.47 Å². The number of carbonyl (C=O) groups is 1. The zero-order chi connectivity index (χ0) is 17.2. The van der Waals surface area contributed by atoms with E-state index in [4.69, 9.17) is 25.8 Å². The van der Waals surface area contributed by atoms with Gasteiger partial charge in [-0.05, 0) is 37.5 Å². The Morgan fingerprint density at radius 2 is 2.12 bits per heavy atom. The normalized spacial score (nSPS) is 22.4. The van der Waals surface area contributed by atoms with E-state index in [1.165, 1.54) is 0 Å². The average molecular weight is 363 g/mol. The van der Waals surface area contributed by atoms with Gasteiger partial charge >= 0.3 is 5.97 Å². The lowest BCUT2D eigenvalue weighted by Crippen LogP contribution is -2.25. The maximum absolute atomic E-state index is 12.6. The first-order valence-electron chi connectivity index (χ1n) is 8.51. The smallest absolute Gasteiger partial charge is 0.338 e. The summed E-state index contributed by atoms with van der Waals surface area (Å²) in [5, 5.41) is 4.64. The molecule has 6 nitrogen and oxygen atoms in total. The molecule has 2 atom stereocenters. The number of nitrogens with zero attached hydrogens (tertiary/aromatic N) is 2. The molecule has 4 rings (SSSR count). The minimum atomic E-state index is -0.401. The summed E-state index contributed by atoms with van der Waals surface area (Å²) in [4.78, 5) is 12.6. The van der Waals surface area contributed by atoms with Gasteiger partial charge in [0.25, 0.3) is 0 Å². The molecule has 132 valence electrons. The maximum atomic E-state index is 12.6. The highest BCUT2D eigenvalue weighted by Crippen LogP contribution is 2.39. The predicted molar refractivity (Wildman–Crippen MR) is 91.4 cm³/mol. The number of esters is 1. The number of aromatic nitrogens is 2. The van der Waals surface area contributed by atoms with E-state index < -0.39 is 5.97 Å². The van der Waals surface area contributed by atoms with Gasteiger partial charge in [0.2, 0.25) is 0 Å². The lowest BCUT2D eigenvalue weighted by molar-refractivity contribution is 0.0209. The maximum Gasteiger partial charge on any atom is 0.338 e. The second-order valence-corrected chi connectivity index (χ2v) is 6.67. The molecule has 1 fully saturated rings. The van der Waals surface area contributed by atoms with Crippen molar-refractivity contribution < 1.29 is 19.0 Å². The number of fused-ring (bicyclic) bond motifs is 1. The topological polar surface area (TPSA) is 62.6 Å². The fourth-order valence-electron chi connectivity index (χ4n) is 3.38. The monoisotopic (exact) mass is 362 g/mol. The number of hydrogen-bond donors (Lipinski definition) is 0. The summed E-state index contributed by atoms with van der Waals surface area (Å²) in [5.74, 6) is 0.583. The van der Waals surface area contributed by atoms with Gasteiger partial charge in [0, 0.05) is 18.8 Å². The molecule has 0 N–H and O–H groups in total. The van der Waals surface area contributed by atoms with Crippen molar-refractivity contribution in [2.45, 2.75) is 37.8 Å². The van der Waals surface area contributed by atoms with E-state index in [2.05, 4.69) is 5.10 Å². The van der Waals surface area contributed by atoms with E-state index >= 15 is 0 Å². The van der Waals surface area contributed by atoms with Crippen molar-refractivity contribution in [3.8, 4) is 11.5 Å². The summed E-state index contributed by atoms with van der Waals surface area (Å²) in [6.07, 6.45) is 7.00. The van der Waals surface area contributed by atoms with Gasteiger partial charge in [-0.1, -0.05) is 11.6 Å². The molecule has 1 aliphatic heterocycles. The summed E-state index contributed by atoms with van der Waals surface area (Å²) in [6, 6.07) is 5.18. The first-order valence-corrected chi connectivity index (χ1v) is 8.89. The van der Waals surface area contributed by atoms with E-state index in [1.54, 1.807) is 18.3 Å². The Balaban J connectivity index is 1.53. The van der Waals surface area contributed by atoms with E-state index in [0.717, 1.165) is 25.7 Å². The van der Waals surface area contributed by atoms with Crippen LogP contribution in [0, 0.1) is 0 Å². The molecule has 25 heavy (non-hydrogen) atoms. The van der Waals surface area contributed by atoms with Crippen molar-refractivity contribution in [1.82, 2.24) is 9.78 Å². The Morgan fingerprint density at radius 3 is 2.96 bits per heavy atom. The fourth-order valence-corrected chi connectivity index (χ4v) is 3.64. The van der Waals surface area contributed by atoms with Crippen LogP contribution in [0.4, 0.5) is 0 Å². The van der Waals surface area contributed by atoms with Crippen molar-refractivity contribution in [2.75, 3.05) is 13.2 Å². The lowest BCUT2D eigenvalue weighted by atomic mass is 10.2. The Morgan fingerprint density at radius 1 is 1.24 bits per heavy atom. The van der Waals surface area contributed by atoms with Crippen molar-refractivity contribution in [3.63, 3.8) is 0 Å². The van der Waals surface area contributed by atoms with Crippen LogP contribution in [-0.4, -0.2) is 35.1 Å². The number of benzene rings is 1. The zero-order valence-electron chi connectivity index (χ0n) is 13.7. The van der Waals surface area contributed by atoms with Crippen LogP contribution in [0.2, 0.25) is 5.02 Å². The van der Waals surface area contributed by atoms with Crippen LogP contribution in [-0.2, 0) is 4.74 Å². The molecule has 0 amide bonds. The van der Waals surface area contributed by atoms with E-state index in [9.17, 15) is 4.79 Å². The highest BCUT2D eigenvalue weighted by molar-refractivity contribution is 6.32. The van der Waals surface area contributed by atoms with E-state index in [1.807, 2.05) is 16.9 Å². The van der Waals surface area contributed by atoms with Crippen molar-refractivity contribution >= 4 is 17.6 Å². The Hall–Kier alpha value is -2.21. The van der Waals surface area contributed by atoms with Gasteiger partial charge in [0.15, 0.2) is 11.5 Å². The molecule has 1 aliphatic carbocycles. The summed E-state index contributed by atoms with van der Waals surface area (Å²) in [7, 11) is 0. The highest BCUT2D eigenvalue weighted by Gasteiger charge is 2.33. The molecule has 2 aromatic rings. The van der Waals surface area contributed by atoms with Gasteiger partial charge < -0.3 is 14.2 Å². The standard InChI is InChI=1S/C18H19ClN2O4/c19-13-10-12(11-16-17(13)24-9-3-8-23-16)18(22)25-15-5-1-4-14(15)21-7-2-6-20-21/h2,6-7,10-11,14-15H,1,3-5,8-9H2/t14-,15-/m1/s1. The summed E-state index contributed by atoms with van der Waals surface area (Å²) >= 11 is 6.26. The van der Waals surface area contributed by atoms with Gasteiger partial charge in [-0.15, -0.1) is 0 Å². The molecule has 1 aromatic carbocycles. The number of hydrogen-bond acceptors (Lipinski definition) is 5. The second-order valence-electron chi connectivity index (χ2n) is 6.26. The Kier molecular flexibility index (Phi) is 4.53. The number of rotatable bonds is 3. The highest BCUT2D eigenvalue weighted by atomic mass is 35.5. The minimum Gasteiger partial charge on any atom is -0.489 e. The predicted octanol–water partition coefficient (Wildman–Crippen LogP) is 3.65. The number of ether oxygens (including phenoxy) is 3. The van der Waals surface area contributed by atoms with E-state index in [-0.39, 0.29) is 12.1 Å². The molecule has 0 bridgehead atoms. The molecule has 1 aromatic heterocycles. The van der Waals surface area contributed by atoms with Crippen LogP contribution >= 0.6 is 11.6 Å². The first kappa shape index (κ1) is 16.3. The van der Waals surface area contributed by atoms with Crippen LogP contribution in [0.15, 0.2) is 30.6 Å². The third-order valence-electron chi connectivity index (χ3n) is 4.58. The molecule has 7 heteroatoms. The summed E-state index contributed by atoms with van der Waals surface area (Å²) < 4.78 is 18.9. The lowest BCUT2D eigenvalue weighted by Gasteiger charge is -2.21. The zero-order valence-corrected chi connectivity index (χ0v) is 14.4. The third-order valence-corrected chi connectivity index (χ3v) is 4.86. The van der Waals surface area contributed by atoms with Crippen LogP contribution in [0.3, 0.4) is 0 Å². The van der Waals surface area contributed by atoms with Crippen molar-refractivity contribution in [3.05, 3.63) is 41.2 Å². The molecule has 2 aliphatic rings. The number of carbonyl (C=O) groups excluding carboxylic acids is 1. The SMILES string of the molecule is O=C(O[C@@H]1CCC[C@H]1n1cccn1)c1cc(Cl)c2c(c1)OCCCO2. The molecule has 0 radical (unpaired) electrons. The summed E-state index contributed by atoms with van der Waals surface area (Å²) in [6.45, 7) is 1.08. The second kappa shape index (κ2) is 6.96. The molecule has 2 heterocycles. The van der Waals surface area contributed by atoms with E-state index in [0.29, 0.717) is 35.3 Å². The molecule has 1 saturated carbocycles. The van der Waals surface area contributed by atoms with Crippen LogP contribution in [0.5, 0.6) is 11.5 Å². The van der Waals surface area contributed by atoms with Gasteiger partial charge in [-0.25, -0.2) is 4.79 Å². The van der Waals surface area contributed by atoms with Gasteiger partial charge in [0.1, 0.15) is 6.10 Å². The fraction of sp³-hybridized carbons (Fsp3) is 0.444. The summed E-state index contributed by atoms with van der Waals surface area (Å²) in [5.41, 5.74) is 0.375. The van der Waals surface area contributed by atoms with Gasteiger partial charge in [-0.2, -0.15) is 5.10 Å². The molecule has 0 spiro atoms. The third kappa shape index (κ3) is 3.31. The number of halogens is 1. The first-order chi connectivity index (χ1) is 12.2. The van der Waals surface area contributed by atoms with Crippen molar-refractivity contribution in [2.24, 2.45) is 0 Å². The Labute approximate surface area is 150 Å². The van der Waals surface area contributed by atoms with Crippen LogP contribution in [0.25, 0.3) is 0 Å². The van der Waals surface area contributed by atoms with Crippen LogP contribution in [0.1, 0.15) is 42.1 Å². The molecule has 0 saturated heterocycles. The molecule has 0 unspecified atom stereocenters. The molecular formula is C18H19ClN2O4. The van der Waals surface area contributed by atoms with Crippen molar-refractivity contribution in [1.29, 1.82) is 0 Å². The quantitative estimate of drug-likeness (QED) is 0.780.